The standard InChI is InChI=1S/C15H24O6/c1-2-14(18)21-11-10-12(15(19)20)8-6-4-3-5-7-9-13(16)17/h2,12H,1,3-11H2,(H,16,17)(H,19,20). The Kier molecular flexibility index (Phi) is 10.9. The summed E-state index contributed by atoms with van der Waals surface area (Å²) >= 11 is 0. The molecule has 0 amide bonds. The van der Waals surface area contributed by atoms with E-state index in [-0.39, 0.29) is 13.0 Å². The number of ether oxygens (including phenoxy) is 1. The van der Waals surface area contributed by atoms with E-state index in [0.717, 1.165) is 31.8 Å². The van der Waals surface area contributed by atoms with Crippen molar-refractivity contribution in [2.24, 2.45) is 5.92 Å². The largest absolute Gasteiger partial charge is 0.481 e. The number of hydrogen-bond acceptors (Lipinski definition) is 4. The van der Waals surface area contributed by atoms with Gasteiger partial charge in [0.1, 0.15) is 0 Å². The summed E-state index contributed by atoms with van der Waals surface area (Å²) < 4.78 is 4.78. The molecule has 0 bridgehead atoms. The van der Waals surface area contributed by atoms with Crippen LogP contribution < -0.4 is 0 Å². The van der Waals surface area contributed by atoms with Gasteiger partial charge in [0.05, 0.1) is 12.5 Å². The highest BCUT2D eigenvalue weighted by atomic mass is 16.5. The Morgan fingerprint density at radius 2 is 1.62 bits per heavy atom. The van der Waals surface area contributed by atoms with Gasteiger partial charge in [-0.15, -0.1) is 0 Å². The third-order valence-corrected chi connectivity index (χ3v) is 3.17. The number of unbranched alkanes of at least 4 members (excludes halogenated alkanes) is 4. The van der Waals surface area contributed by atoms with Crippen molar-refractivity contribution >= 4 is 17.9 Å². The zero-order valence-corrected chi connectivity index (χ0v) is 12.3. The van der Waals surface area contributed by atoms with Gasteiger partial charge >= 0.3 is 17.9 Å². The number of carbonyl (C=O) groups excluding carboxylic acids is 1. The molecule has 1 atom stereocenters. The van der Waals surface area contributed by atoms with Gasteiger partial charge in [0, 0.05) is 12.5 Å². The van der Waals surface area contributed by atoms with Gasteiger partial charge in [-0.05, 0) is 19.3 Å². The fourth-order valence-corrected chi connectivity index (χ4v) is 1.95. The molecule has 0 spiro atoms. The summed E-state index contributed by atoms with van der Waals surface area (Å²) in [6.07, 6.45) is 6.16. The van der Waals surface area contributed by atoms with E-state index in [2.05, 4.69) is 6.58 Å². The number of esters is 1. The van der Waals surface area contributed by atoms with E-state index in [0.29, 0.717) is 19.3 Å². The smallest absolute Gasteiger partial charge is 0.330 e. The monoisotopic (exact) mass is 300 g/mol. The number of hydrogen-bond donors (Lipinski definition) is 2. The molecule has 0 aliphatic heterocycles. The van der Waals surface area contributed by atoms with Crippen LogP contribution in [0.5, 0.6) is 0 Å². The van der Waals surface area contributed by atoms with Crippen molar-refractivity contribution in [2.45, 2.75) is 51.4 Å². The molecule has 120 valence electrons. The third-order valence-electron chi connectivity index (χ3n) is 3.17. The number of aliphatic carboxylic acids is 2. The van der Waals surface area contributed by atoms with E-state index in [4.69, 9.17) is 14.9 Å². The van der Waals surface area contributed by atoms with Gasteiger partial charge in [0.15, 0.2) is 0 Å². The van der Waals surface area contributed by atoms with Crippen LogP contribution in [0.3, 0.4) is 0 Å². The topological polar surface area (TPSA) is 101 Å². The van der Waals surface area contributed by atoms with Crippen molar-refractivity contribution in [3.05, 3.63) is 12.7 Å². The van der Waals surface area contributed by atoms with Crippen LogP contribution in [0, 0.1) is 5.92 Å². The fourth-order valence-electron chi connectivity index (χ4n) is 1.95. The average molecular weight is 300 g/mol. The second-order valence-corrected chi connectivity index (χ2v) is 4.90. The second kappa shape index (κ2) is 11.9. The summed E-state index contributed by atoms with van der Waals surface area (Å²) in [4.78, 5) is 32.2. The van der Waals surface area contributed by atoms with E-state index >= 15 is 0 Å². The summed E-state index contributed by atoms with van der Waals surface area (Å²) in [5.41, 5.74) is 0. The zero-order valence-electron chi connectivity index (χ0n) is 12.3. The molecule has 21 heavy (non-hydrogen) atoms. The summed E-state index contributed by atoms with van der Waals surface area (Å²) in [6, 6.07) is 0. The van der Waals surface area contributed by atoms with Gasteiger partial charge in [0.25, 0.3) is 0 Å². The van der Waals surface area contributed by atoms with Gasteiger partial charge in [-0.25, -0.2) is 4.79 Å². The highest BCUT2D eigenvalue weighted by molar-refractivity contribution is 5.81. The molecule has 0 heterocycles. The molecule has 0 aliphatic carbocycles. The molecule has 0 aliphatic rings. The van der Waals surface area contributed by atoms with Crippen LogP contribution in [0.25, 0.3) is 0 Å². The Labute approximate surface area is 124 Å². The molecule has 0 aromatic rings. The van der Waals surface area contributed by atoms with Crippen LogP contribution in [0.15, 0.2) is 12.7 Å². The van der Waals surface area contributed by atoms with E-state index in [9.17, 15) is 14.4 Å². The van der Waals surface area contributed by atoms with Crippen LogP contribution >= 0.6 is 0 Å². The van der Waals surface area contributed by atoms with Crippen LogP contribution in [0.1, 0.15) is 51.4 Å². The van der Waals surface area contributed by atoms with Crippen molar-refractivity contribution in [2.75, 3.05) is 6.61 Å². The first kappa shape index (κ1) is 19.1. The molecule has 6 heteroatoms. The normalized spacial score (nSPS) is 11.6. The molecular formula is C15H24O6. The number of carbonyl (C=O) groups is 3. The maximum absolute atomic E-state index is 11.1. The second-order valence-electron chi connectivity index (χ2n) is 4.90. The van der Waals surface area contributed by atoms with E-state index in [1.54, 1.807) is 0 Å². The summed E-state index contributed by atoms with van der Waals surface area (Å²) in [7, 11) is 0. The molecule has 0 rings (SSSR count). The Morgan fingerprint density at radius 1 is 1.00 bits per heavy atom. The summed E-state index contributed by atoms with van der Waals surface area (Å²) in [6.45, 7) is 3.35. The predicted octanol–water partition coefficient (Wildman–Crippen LogP) is 2.62. The van der Waals surface area contributed by atoms with Gasteiger partial charge in [-0.3, -0.25) is 9.59 Å². The molecule has 0 saturated heterocycles. The average Bonchev–Trinajstić information content (AvgIpc) is 2.43. The van der Waals surface area contributed by atoms with Gasteiger partial charge in [-0.1, -0.05) is 32.3 Å². The molecule has 0 aromatic carbocycles. The van der Waals surface area contributed by atoms with Crippen LogP contribution in [-0.4, -0.2) is 34.7 Å². The highest BCUT2D eigenvalue weighted by Crippen LogP contribution is 2.16. The molecule has 6 nitrogen and oxygen atoms in total. The number of carboxylic acids is 2. The lowest BCUT2D eigenvalue weighted by Gasteiger charge is -2.11. The van der Waals surface area contributed by atoms with E-state index < -0.39 is 23.8 Å². The molecule has 2 N–H and O–H groups in total. The minimum Gasteiger partial charge on any atom is -0.481 e. The SMILES string of the molecule is C=CC(=O)OCCC(CCCCCCCC(=O)O)C(=O)O. The molecule has 0 fully saturated rings. The molecular weight excluding hydrogens is 276 g/mol. The molecule has 1 unspecified atom stereocenters. The third kappa shape index (κ3) is 11.7. The Bertz CT molecular complexity index is 350. The lowest BCUT2D eigenvalue weighted by molar-refractivity contribution is -0.145. The highest BCUT2D eigenvalue weighted by Gasteiger charge is 2.17. The quantitative estimate of drug-likeness (QED) is 0.308. The van der Waals surface area contributed by atoms with Gasteiger partial charge in [-0.2, -0.15) is 0 Å². The maximum atomic E-state index is 11.1. The maximum Gasteiger partial charge on any atom is 0.330 e. The van der Waals surface area contributed by atoms with E-state index in [1.165, 1.54) is 0 Å². The predicted molar refractivity (Wildman–Crippen MR) is 76.9 cm³/mol. The Hall–Kier alpha value is -1.85. The minimum atomic E-state index is -0.879. The Balaban J connectivity index is 3.70. The van der Waals surface area contributed by atoms with Crippen molar-refractivity contribution in [3.63, 3.8) is 0 Å². The molecule has 0 saturated carbocycles. The fraction of sp³-hybridized carbons (Fsp3) is 0.667. The van der Waals surface area contributed by atoms with Crippen LogP contribution in [0.2, 0.25) is 0 Å². The minimum absolute atomic E-state index is 0.0838. The van der Waals surface area contributed by atoms with Crippen LogP contribution in [-0.2, 0) is 19.1 Å². The van der Waals surface area contributed by atoms with Crippen molar-refractivity contribution in [1.82, 2.24) is 0 Å². The Morgan fingerprint density at radius 3 is 2.19 bits per heavy atom. The number of carboxylic acid groups (broad SMARTS) is 2. The lowest BCUT2D eigenvalue weighted by Crippen LogP contribution is -2.17. The summed E-state index contributed by atoms with van der Waals surface area (Å²) in [5, 5.41) is 17.6. The van der Waals surface area contributed by atoms with Crippen molar-refractivity contribution in [3.8, 4) is 0 Å². The van der Waals surface area contributed by atoms with Gasteiger partial charge < -0.3 is 14.9 Å². The first-order valence-corrected chi connectivity index (χ1v) is 7.21. The van der Waals surface area contributed by atoms with Crippen LogP contribution in [0.4, 0.5) is 0 Å². The lowest BCUT2D eigenvalue weighted by atomic mass is 9.97. The number of rotatable bonds is 13. The zero-order chi connectivity index (χ0) is 16.1. The van der Waals surface area contributed by atoms with Crippen molar-refractivity contribution < 1.29 is 29.3 Å². The van der Waals surface area contributed by atoms with E-state index in [1.807, 2.05) is 0 Å². The van der Waals surface area contributed by atoms with Crippen molar-refractivity contribution in [1.29, 1.82) is 0 Å². The molecule has 0 radical (unpaired) electrons. The first-order chi connectivity index (χ1) is 9.97. The first-order valence-electron chi connectivity index (χ1n) is 7.21. The van der Waals surface area contributed by atoms with Gasteiger partial charge in [0.2, 0.25) is 0 Å². The summed E-state index contributed by atoms with van der Waals surface area (Å²) in [5.74, 6) is -2.72. The molecule has 0 aromatic heterocycles.